The third kappa shape index (κ3) is 2.74. The van der Waals surface area contributed by atoms with Crippen LogP contribution in [0, 0.1) is 5.92 Å². The molecule has 1 aliphatic rings. The van der Waals surface area contributed by atoms with Gasteiger partial charge in [-0.25, -0.2) is 0 Å². The molecule has 0 aromatic carbocycles. The Morgan fingerprint density at radius 2 is 2.53 bits per heavy atom. The number of nitrogens with two attached hydrogens (primary N) is 1. The molecule has 0 bridgehead atoms. The van der Waals surface area contributed by atoms with Crippen molar-refractivity contribution in [2.45, 2.75) is 19.4 Å². The Bertz CT molecular complexity index is 408. The summed E-state index contributed by atoms with van der Waals surface area (Å²) in [6.07, 6.45) is 4.25. The Balaban J connectivity index is 1.91. The lowest BCUT2D eigenvalue weighted by atomic mass is 10.0. The molecule has 2 heterocycles. The van der Waals surface area contributed by atoms with E-state index in [-0.39, 0.29) is 12.0 Å². The van der Waals surface area contributed by atoms with Gasteiger partial charge in [0.25, 0.3) is 5.91 Å². The predicted molar refractivity (Wildman–Crippen MR) is 64.5 cm³/mol. The maximum Gasteiger partial charge on any atom is 0.253 e. The number of pyridine rings is 1. The minimum Gasteiger partial charge on any atom is -0.397 e. The van der Waals surface area contributed by atoms with Crippen molar-refractivity contribution in [2.75, 3.05) is 18.9 Å². The maximum absolute atomic E-state index is 11.9. The Morgan fingerprint density at radius 1 is 1.71 bits per heavy atom. The highest BCUT2D eigenvalue weighted by molar-refractivity contribution is 5.98. The summed E-state index contributed by atoms with van der Waals surface area (Å²) >= 11 is 0. The highest BCUT2D eigenvalue weighted by atomic mass is 16.5. The lowest BCUT2D eigenvalue weighted by Crippen LogP contribution is -2.32. The van der Waals surface area contributed by atoms with Gasteiger partial charge in [0.1, 0.15) is 0 Å². The number of amides is 1. The molecular formula is C12H17N3O2. The second-order valence-corrected chi connectivity index (χ2v) is 4.30. The van der Waals surface area contributed by atoms with Crippen molar-refractivity contribution in [1.82, 2.24) is 10.3 Å². The lowest BCUT2D eigenvalue weighted by Gasteiger charge is -2.15. The van der Waals surface area contributed by atoms with E-state index in [1.807, 2.05) is 6.92 Å². The summed E-state index contributed by atoms with van der Waals surface area (Å²) < 4.78 is 5.44. The van der Waals surface area contributed by atoms with Crippen molar-refractivity contribution in [2.24, 2.45) is 5.92 Å². The molecule has 0 spiro atoms. The fraction of sp³-hybridized carbons (Fsp3) is 0.500. The first-order valence-electron chi connectivity index (χ1n) is 5.77. The summed E-state index contributed by atoms with van der Waals surface area (Å²) in [6, 6.07) is 1.62. The molecule has 1 fully saturated rings. The maximum atomic E-state index is 11.9. The zero-order valence-electron chi connectivity index (χ0n) is 9.85. The molecule has 1 aromatic heterocycles. The minimum atomic E-state index is -0.149. The molecule has 17 heavy (non-hydrogen) atoms. The standard InChI is InChI=1S/C12H17N3O2/c1-8-9(3-5-17-8)6-15-12(16)10-2-4-14-7-11(10)13/h2,4,7-9H,3,5-6,13H2,1H3,(H,15,16). The van der Waals surface area contributed by atoms with Crippen LogP contribution in [-0.4, -0.2) is 30.1 Å². The van der Waals surface area contributed by atoms with Crippen LogP contribution in [0.5, 0.6) is 0 Å². The Kier molecular flexibility index (Phi) is 3.58. The van der Waals surface area contributed by atoms with E-state index in [0.29, 0.717) is 23.7 Å². The molecule has 1 aromatic rings. The summed E-state index contributed by atoms with van der Waals surface area (Å²) in [7, 11) is 0. The first kappa shape index (κ1) is 11.9. The second kappa shape index (κ2) is 5.14. The molecular weight excluding hydrogens is 218 g/mol. The molecule has 5 heteroatoms. The van der Waals surface area contributed by atoms with Crippen molar-refractivity contribution < 1.29 is 9.53 Å². The topological polar surface area (TPSA) is 77.2 Å². The molecule has 0 aliphatic carbocycles. The lowest BCUT2D eigenvalue weighted by molar-refractivity contribution is 0.0908. The molecule has 2 unspecified atom stereocenters. The summed E-state index contributed by atoms with van der Waals surface area (Å²) in [4.78, 5) is 15.7. The Labute approximate surface area is 100 Å². The van der Waals surface area contributed by atoms with E-state index >= 15 is 0 Å². The van der Waals surface area contributed by atoms with Gasteiger partial charge in [-0.3, -0.25) is 9.78 Å². The second-order valence-electron chi connectivity index (χ2n) is 4.30. The van der Waals surface area contributed by atoms with Crippen LogP contribution in [0.3, 0.4) is 0 Å². The van der Waals surface area contributed by atoms with Crippen molar-refractivity contribution in [3.8, 4) is 0 Å². The first-order valence-corrected chi connectivity index (χ1v) is 5.77. The van der Waals surface area contributed by atoms with Crippen LogP contribution in [0.1, 0.15) is 23.7 Å². The number of anilines is 1. The van der Waals surface area contributed by atoms with E-state index in [0.717, 1.165) is 13.0 Å². The van der Waals surface area contributed by atoms with Crippen LogP contribution >= 0.6 is 0 Å². The molecule has 0 radical (unpaired) electrons. The third-order valence-corrected chi connectivity index (χ3v) is 3.15. The van der Waals surface area contributed by atoms with Gasteiger partial charge in [-0.15, -0.1) is 0 Å². The van der Waals surface area contributed by atoms with Gasteiger partial charge in [0.2, 0.25) is 0 Å². The molecule has 2 atom stereocenters. The van der Waals surface area contributed by atoms with Crippen LogP contribution in [0.25, 0.3) is 0 Å². The highest BCUT2D eigenvalue weighted by Crippen LogP contribution is 2.19. The number of nitrogen functional groups attached to an aromatic ring is 1. The number of aromatic nitrogens is 1. The first-order chi connectivity index (χ1) is 8.18. The summed E-state index contributed by atoms with van der Waals surface area (Å²) in [5, 5.41) is 2.89. The van der Waals surface area contributed by atoms with E-state index in [1.54, 1.807) is 12.3 Å². The average Bonchev–Trinajstić information content (AvgIpc) is 2.72. The zero-order chi connectivity index (χ0) is 12.3. The number of nitrogens with zero attached hydrogens (tertiary/aromatic N) is 1. The summed E-state index contributed by atoms with van der Waals surface area (Å²) in [5.74, 6) is 0.242. The van der Waals surface area contributed by atoms with Crippen LogP contribution in [0.2, 0.25) is 0 Å². The van der Waals surface area contributed by atoms with Gasteiger partial charge in [0, 0.05) is 25.3 Å². The number of carbonyl (C=O) groups excluding carboxylic acids is 1. The highest BCUT2D eigenvalue weighted by Gasteiger charge is 2.24. The van der Waals surface area contributed by atoms with Crippen molar-refractivity contribution >= 4 is 11.6 Å². The third-order valence-electron chi connectivity index (χ3n) is 3.15. The van der Waals surface area contributed by atoms with Gasteiger partial charge < -0.3 is 15.8 Å². The fourth-order valence-corrected chi connectivity index (χ4v) is 1.98. The molecule has 0 saturated carbocycles. The van der Waals surface area contributed by atoms with Gasteiger partial charge in [-0.05, 0) is 19.4 Å². The van der Waals surface area contributed by atoms with Crippen LogP contribution in [-0.2, 0) is 4.74 Å². The van der Waals surface area contributed by atoms with Crippen LogP contribution in [0.4, 0.5) is 5.69 Å². The summed E-state index contributed by atoms with van der Waals surface area (Å²) in [5.41, 5.74) is 6.57. The average molecular weight is 235 g/mol. The molecule has 3 N–H and O–H groups in total. The van der Waals surface area contributed by atoms with Crippen molar-refractivity contribution in [3.05, 3.63) is 24.0 Å². The van der Waals surface area contributed by atoms with Crippen molar-refractivity contribution in [3.63, 3.8) is 0 Å². The number of nitrogens with one attached hydrogen (secondary N) is 1. The van der Waals surface area contributed by atoms with Crippen molar-refractivity contribution in [1.29, 1.82) is 0 Å². The number of hydrogen-bond donors (Lipinski definition) is 2. The Hall–Kier alpha value is -1.62. The van der Waals surface area contributed by atoms with Gasteiger partial charge in [-0.2, -0.15) is 0 Å². The molecule has 2 rings (SSSR count). The molecule has 5 nitrogen and oxygen atoms in total. The van der Waals surface area contributed by atoms with E-state index in [1.165, 1.54) is 6.20 Å². The molecule has 1 aliphatic heterocycles. The minimum absolute atomic E-state index is 0.149. The van der Waals surface area contributed by atoms with Gasteiger partial charge in [0.15, 0.2) is 0 Å². The van der Waals surface area contributed by atoms with Gasteiger partial charge >= 0.3 is 0 Å². The monoisotopic (exact) mass is 235 g/mol. The van der Waals surface area contributed by atoms with E-state index in [4.69, 9.17) is 10.5 Å². The zero-order valence-corrected chi connectivity index (χ0v) is 9.85. The molecule has 92 valence electrons. The number of hydrogen-bond acceptors (Lipinski definition) is 4. The van der Waals surface area contributed by atoms with E-state index in [9.17, 15) is 4.79 Å². The predicted octanol–water partition coefficient (Wildman–Crippen LogP) is 0.819. The van der Waals surface area contributed by atoms with Crippen LogP contribution in [0.15, 0.2) is 18.5 Å². The quantitative estimate of drug-likeness (QED) is 0.813. The Morgan fingerprint density at radius 3 is 3.18 bits per heavy atom. The normalized spacial score (nSPS) is 23.6. The molecule has 1 saturated heterocycles. The number of carbonyl (C=O) groups is 1. The van der Waals surface area contributed by atoms with Gasteiger partial charge in [-0.1, -0.05) is 0 Å². The smallest absolute Gasteiger partial charge is 0.253 e. The van der Waals surface area contributed by atoms with E-state index < -0.39 is 0 Å². The van der Waals surface area contributed by atoms with Crippen LogP contribution < -0.4 is 11.1 Å². The number of rotatable bonds is 3. The van der Waals surface area contributed by atoms with Gasteiger partial charge in [0.05, 0.1) is 23.6 Å². The largest absolute Gasteiger partial charge is 0.397 e. The summed E-state index contributed by atoms with van der Waals surface area (Å²) in [6.45, 7) is 3.44. The molecule has 1 amide bonds. The SMILES string of the molecule is CC1OCCC1CNC(=O)c1ccncc1N. The fourth-order valence-electron chi connectivity index (χ4n) is 1.98. The van der Waals surface area contributed by atoms with E-state index in [2.05, 4.69) is 10.3 Å². The number of ether oxygens (including phenoxy) is 1.